The van der Waals surface area contributed by atoms with Gasteiger partial charge in [-0.25, -0.2) is 4.79 Å². The number of allylic oxidation sites excluding steroid dienone is 2. The number of carbonyl (C=O) groups is 3. The van der Waals surface area contributed by atoms with Gasteiger partial charge in [0.15, 0.2) is 18.7 Å². The molecule has 6 rings (SSSR count). The van der Waals surface area contributed by atoms with Crippen molar-refractivity contribution in [2.24, 2.45) is 22.7 Å². The van der Waals surface area contributed by atoms with Crippen molar-refractivity contribution in [1.29, 1.82) is 0 Å². The zero-order valence-corrected chi connectivity index (χ0v) is 22.9. The van der Waals surface area contributed by atoms with Crippen LogP contribution in [0.1, 0.15) is 76.1 Å². The van der Waals surface area contributed by atoms with E-state index in [1.54, 1.807) is 12.1 Å². The van der Waals surface area contributed by atoms with E-state index in [0.717, 1.165) is 18.4 Å². The number of hydrogen-bond acceptors (Lipinski definition) is 8. The van der Waals surface area contributed by atoms with Crippen LogP contribution in [-0.2, 0) is 23.8 Å². The van der Waals surface area contributed by atoms with Gasteiger partial charge in [0.2, 0.25) is 5.78 Å². The van der Waals surface area contributed by atoms with E-state index >= 15 is 0 Å². The second-order valence-electron chi connectivity index (χ2n) is 12.4. The molecular weight excluding hydrogens is 498 g/mol. The molecule has 1 aromatic heterocycles. The maximum atomic E-state index is 14.1. The highest BCUT2D eigenvalue weighted by atomic mass is 16.7. The average molecular weight is 536 g/mol. The molecule has 2 bridgehead atoms. The predicted octanol–water partition coefficient (Wildman–Crippen LogP) is 4.12. The Morgan fingerprint density at radius 2 is 1.92 bits per heavy atom. The minimum absolute atomic E-state index is 0.00713. The molecule has 0 amide bonds. The van der Waals surface area contributed by atoms with Gasteiger partial charge in [0.05, 0.1) is 17.3 Å². The van der Waals surface area contributed by atoms with Crippen molar-refractivity contribution in [3.05, 3.63) is 53.9 Å². The van der Waals surface area contributed by atoms with Gasteiger partial charge in [-0.2, -0.15) is 0 Å². The fourth-order valence-electron chi connectivity index (χ4n) is 9.06. The largest absolute Gasteiger partial charge is 0.454 e. The van der Waals surface area contributed by atoms with Crippen LogP contribution < -0.4 is 0 Å². The summed E-state index contributed by atoms with van der Waals surface area (Å²) in [5.74, 6) is -0.824. The summed E-state index contributed by atoms with van der Waals surface area (Å²) in [6.45, 7) is 5.67. The highest BCUT2D eigenvalue weighted by Gasteiger charge is 2.79. The Labute approximate surface area is 228 Å². The van der Waals surface area contributed by atoms with E-state index in [1.165, 1.54) is 12.4 Å². The Bertz CT molecular complexity index is 1260. The molecule has 4 fully saturated rings. The Kier molecular flexibility index (Phi) is 6.25. The molecule has 1 saturated heterocycles. The van der Waals surface area contributed by atoms with E-state index in [2.05, 4.69) is 11.9 Å². The number of fused-ring (bicyclic) bond motifs is 3. The Hall–Kier alpha value is -2.68. The van der Waals surface area contributed by atoms with Crippen molar-refractivity contribution >= 4 is 17.5 Å². The molecule has 8 nitrogen and oxygen atoms in total. The lowest BCUT2D eigenvalue weighted by molar-refractivity contribution is -0.365. The molecular formula is C31H37NO7. The monoisotopic (exact) mass is 535 g/mol. The van der Waals surface area contributed by atoms with E-state index in [1.807, 2.05) is 32.1 Å². The number of aliphatic hydroxyl groups excluding tert-OH is 1. The third kappa shape index (κ3) is 3.60. The van der Waals surface area contributed by atoms with Gasteiger partial charge in [-0.1, -0.05) is 25.5 Å². The third-order valence-corrected chi connectivity index (χ3v) is 10.9. The molecule has 1 unspecified atom stereocenters. The first-order valence-corrected chi connectivity index (χ1v) is 14.1. The van der Waals surface area contributed by atoms with Gasteiger partial charge in [-0.15, -0.1) is 0 Å². The molecule has 0 radical (unpaired) electrons. The van der Waals surface area contributed by atoms with E-state index in [-0.39, 0.29) is 28.8 Å². The van der Waals surface area contributed by atoms with Crippen LogP contribution in [0.15, 0.2) is 48.3 Å². The molecule has 1 N–H and O–H groups in total. The second-order valence-corrected chi connectivity index (χ2v) is 12.4. The van der Waals surface area contributed by atoms with E-state index in [9.17, 15) is 19.5 Å². The van der Waals surface area contributed by atoms with Crippen molar-refractivity contribution < 1.29 is 33.7 Å². The van der Waals surface area contributed by atoms with E-state index in [4.69, 9.17) is 14.2 Å². The van der Waals surface area contributed by atoms with Crippen molar-refractivity contribution in [2.75, 3.05) is 6.61 Å². The second kappa shape index (κ2) is 9.18. The van der Waals surface area contributed by atoms with Crippen LogP contribution in [0.25, 0.3) is 0 Å². The van der Waals surface area contributed by atoms with Gasteiger partial charge in [0, 0.05) is 24.2 Å². The molecule has 39 heavy (non-hydrogen) atoms. The molecule has 3 saturated carbocycles. The Balaban J connectivity index is 1.37. The molecule has 4 aliphatic carbocycles. The number of aliphatic hydroxyl groups is 1. The van der Waals surface area contributed by atoms with E-state index < -0.39 is 41.6 Å². The lowest BCUT2D eigenvalue weighted by Crippen LogP contribution is -2.74. The molecule has 1 aliphatic heterocycles. The zero-order chi connectivity index (χ0) is 27.6. The summed E-state index contributed by atoms with van der Waals surface area (Å²) >= 11 is 0. The van der Waals surface area contributed by atoms with Crippen LogP contribution >= 0.6 is 0 Å². The molecule has 8 heteroatoms. The topological polar surface area (TPSA) is 112 Å². The minimum atomic E-state index is -1.26. The molecule has 0 aromatic carbocycles. The van der Waals surface area contributed by atoms with Gasteiger partial charge in [0.25, 0.3) is 0 Å². The molecule has 5 aliphatic rings. The number of rotatable bonds is 5. The van der Waals surface area contributed by atoms with Crippen molar-refractivity contribution in [3.63, 3.8) is 0 Å². The highest BCUT2D eigenvalue weighted by molar-refractivity contribution is 5.95. The van der Waals surface area contributed by atoms with Gasteiger partial charge >= 0.3 is 5.97 Å². The van der Waals surface area contributed by atoms with Crippen LogP contribution in [0.5, 0.6) is 0 Å². The molecule has 8 atom stereocenters. The van der Waals surface area contributed by atoms with Gasteiger partial charge < -0.3 is 19.3 Å². The quantitative estimate of drug-likeness (QED) is 0.443. The van der Waals surface area contributed by atoms with Crippen LogP contribution in [-0.4, -0.2) is 57.8 Å². The summed E-state index contributed by atoms with van der Waals surface area (Å²) in [5, 5.41) is 11.8. The molecule has 208 valence electrons. The minimum Gasteiger partial charge on any atom is -0.454 e. The number of Topliss-reactive ketones (excluding diaryl/α,β-unsaturated/α-hetero) is 1. The van der Waals surface area contributed by atoms with Crippen LogP contribution in [0.3, 0.4) is 0 Å². The number of nitrogens with zero attached hydrogens (tertiary/aromatic N) is 1. The summed E-state index contributed by atoms with van der Waals surface area (Å²) < 4.78 is 18.9. The standard InChI is InChI=1S/C31H37NO7/c1-4-5-25-38-30-12-13-31(39-25,24(35)18-37-27(36)19-9-14-32-15-10-19)29(30,3)17-23(34)26-22(30)7-6-20-16-21(33)8-11-28(20,26)2/h4-5,9-10,14-16,22-23,25-26,34H,6-8,11-13,17-18H2,1-3H3/b5-4-/t22-,23+,25?,26-,28+,29+,30-,31+/m1/s1. The molecule has 1 aromatic rings. The number of esters is 1. The molecule has 2 heterocycles. The van der Waals surface area contributed by atoms with Crippen molar-refractivity contribution in [1.82, 2.24) is 4.98 Å². The third-order valence-electron chi connectivity index (χ3n) is 10.9. The van der Waals surface area contributed by atoms with Crippen LogP contribution in [0.4, 0.5) is 0 Å². The van der Waals surface area contributed by atoms with Crippen molar-refractivity contribution in [2.45, 2.75) is 89.3 Å². The lowest BCUT2D eigenvalue weighted by atomic mass is 9.43. The number of hydrogen-bond donors (Lipinski definition) is 1. The lowest BCUT2D eigenvalue weighted by Gasteiger charge is -2.67. The summed E-state index contributed by atoms with van der Waals surface area (Å²) in [6.07, 6.45) is 11.2. The number of ether oxygens (including phenoxy) is 3. The zero-order valence-electron chi connectivity index (χ0n) is 22.9. The summed E-state index contributed by atoms with van der Waals surface area (Å²) in [6, 6.07) is 3.09. The number of carbonyl (C=O) groups excluding carboxylic acids is 3. The summed E-state index contributed by atoms with van der Waals surface area (Å²) in [5.41, 5.74) is -1.61. The molecule has 0 spiro atoms. The normalized spacial score (nSPS) is 42.8. The fraction of sp³-hybridized carbons (Fsp3) is 0.613. The highest BCUT2D eigenvalue weighted by Crippen LogP contribution is 2.73. The smallest absolute Gasteiger partial charge is 0.338 e. The van der Waals surface area contributed by atoms with Crippen LogP contribution in [0, 0.1) is 22.7 Å². The van der Waals surface area contributed by atoms with Gasteiger partial charge in [-0.3, -0.25) is 14.6 Å². The number of ketones is 2. The number of pyridine rings is 1. The predicted molar refractivity (Wildman–Crippen MR) is 140 cm³/mol. The first kappa shape index (κ1) is 26.5. The summed E-state index contributed by atoms with van der Waals surface area (Å²) in [7, 11) is 0. The average Bonchev–Trinajstić information content (AvgIpc) is 3.04. The van der Waals surface area contributed by atoms with E-state index in [0.29, 0.717) is 37.7 Å². The fourth-order valence-corrected chi connectivity index (χ4v) is 9.06. The first-order valence-electron chi connectivity index (χ1n) is 14.1. The summed E-state index contributed by atoms with van der Waals surface area (Å²) in [4.78, 5) is 42.9. The van der Waals surface area contributed by atoms with Gasteiger partial charge in [0.1, 0.15) is 5.60 Å². The number of aromatic nitrogens is 1. The Morgan fingerprint density at radius 3 is 2.67 bits per heavy atom. The first-order chi connectivity index (χ1) is 18.6. The SMILES string of the molecule is C/C=C\C1O[C@]2(C(=O)COC(=O)c3ccncc3)CC[C@@]3(O1)[C@@H]1CCC4=CC(=O)CC[C@]4(C)[C@H]1[C@@H](O)C[C@]23C. The van der Waals surface area contributed by atoms with Crippen molar-refractivity contribution in [3.8, 4) is 0 Å². The Morgan fingerprint density at radius 1 is 1.15 bits per heavy atom. The van der Waals surface area contributed by atoms with Gasteiger partial charge in [-0.05, 0) is 87.0 Å². The maximum absolute atomic E-state index is 14.1. The maximum Gasteiger partial charge on any atom is 0.338 e. The van der Waals surface area contributed by atoms with Crippen LogP contribution in [0.2, 0.25) is 0 Å².